The molecule has 0 saturated carbocycles. The van der Waals surface area contributed by atoms with E-state index in [9.17, 15) is 43.2 Å². The van der Waals surface area contributed by atoms with E-state index in [-0.39, 0.29) is 25.7 Å². The highest BCUT2D eigenvalue weighted by molar-refractivity contribution is 7.47. The van der Waals surface area contributed by atoms with Gasteiger partial charge in [0.05, 0.1) is 26.4 Å². The molecule has 0 aliphatic heterocycles. The second kappa shape index (κ2) is 63.1. The number of hydrogen-bond acceptors (Lipinski definition) is 15. The molecule has 0 heterocycles. The van der Waals surface area contributed by atoms with E-state index in [0.29, 0.717) is 37.5 Å². The zero-order valence-electron chi connectivity index (χ0n) is 58.4. The predicted octanol–water partition coefficient (Wildman–Crippen LogP) is 20.4. The number of rotatable bonds is 70. The Balaban J connectivity index is 5.21. The van der Waals surface area contributed by atoms with Crippen LogP contribution in [-0.4, -0.2) is 96.7 Å². The van der Waals surface area contributed by atoms with Crippen LogP contribution in [-0.2, 0) is 65.4 Å². The summed E-state index contributed by atoms with van der Waals surface area (Å²) in [6.07, 6.45) is 48.9. The number of esters is 4. The summed E-state index contributed by atoms with van der Waals surface area (Å²) in [6, 6.07) is 0. The lowest BCUT2D eigenvalue weighted by molar-refractivity contribution is -0.161. The van der Waals surface area contributed by atoms with Gasteiger partial charge in [-0.25, -0.2) is 9.13 Å². The first-order valence-electron chi connectivity index (χ1n) is 37.0. The Labute approximate surface area is 549 Å². The zero-order valence-corrected chi connectivity index (χ0v) is 60.2. The van der Waals surface area contributed by atoms with Gasteiger partial charge in [-0.15, -0.1) is 0 Å². The van der Waals surface area contributed by atoms with Gasteiger partial charge in [-0.2, -0.15) is 0 Å². The lowest BCUT2D eigenvalue weighted by Gasteiger charge is -2.21. The Morgan fingerprint density at radius 2 is 0.511 bits per heavy atom. The summed E-state index contributed by atoms with van der Waals surface area (Å²) in [6.45, 7) is 9.38. The van der Waals surface area contributed by atoms with Crippen molar-refractivity contribution >= 4 is 39.5 Å². The maximum atomic E-state index is 13.0. The first-order chi connectivity index (χ1) is 43.4. The van der Waals surface area contributed by atoms with Crippen molar-refractivity contribution in [2.24, 2.45) is 11.8 Å². The number of unbranched alkanes of at least 4 members (excludes halogenated alkanes) is 40. The van der Waals surface area contributed by atoms with Crippen LogP contribution in [0.2, 0.25) is 0 Å². The highest BCUT2D eigenvalue weighted by atomic mass is 31.2. The quantitative estimate of drug-likeness (QED) is 0.0222. The molecule has 17 nitrogen and oxygen atoms in total. The molecule has 534 valence electrons. The summed E-state index contributed by atoms with van der Waals surface area (Å²) >= 11 is 0. The van der Waals surface area contributed by atoms with Gasteiger partial charge in [-0.1, -0.05) is 311 Å². The molecule has 0 aromatic carbocycles. The average molecular weight is 1330 g/mol. The van der Waals surface area contributed by atoms with Gasteiger partial charge in [0.25, 0.3) is 0 Å². The highest BCUT2D eigenvalue weighted by Gasteiger charge is 2.30. The smallest absolute Gasteiger partial charge is 0.462 e. The molecule has 0 aromatic rings. The summed E-state index contributed by atoms with van der Waals surface area (Å²) in [4.78, 5) is 72.5. The molecule has 0 aliphatic rings. The highest BCUT2D eigenvalue weighted by Crippen LogP contribution is 2.45. The maximum absolute atomic E-state index is 13.0. The monoisotopic (exact) mass is 1320 g/mol. The fourth-order valence-electron chi connectivity index (χ4n) is 10.8. The summed E-state index contributed by atoms with van der Waals surface area (Å²) in [5.41, 5.74) is 0. The van der Waals surface area contributed by atoms with Crippen molar-refractivity contribution < 1.29 is 80.2 Å². The molecule has 0 radical (unpaired) electrons. The molecule has 0 spiro atoms. The maximum Gasteiger partial charge on any atom is 0.472 e. The van der Waals surface area contributed by atoms with Gasteiger partial charge in [0.15, 0.2) is 12.2 Å². The van der Waals surface area contributed by atoms with Crippen molar-refractivity contribution in [3.8, 4) is 0 Å². The number of hydrogen-bond donors (Lipinski definition) is 3. The van der Waals surface area contributed by atoms with E-state index in [1.54, 1.807) is 0 Å². The fraction of sp³-hybridized carbons (Fsp3) is 0.944. The summed E-state index contributed by atoms with van der Waals surface area (Å²) in [5.74, 6) is -0.779. The third kappa shape index (κ3) is 64.8. The first kappa shape index (κ1) is 88.1. The van der Waals surface area contributed by atoms with Crippen LogP contribution in [0.25, 0.3) is 0 Å². The van der Waals surface area contributed by atoms with E-state index in [2.05, 4.69) is 41.5 Å². The van der Waals surface area contributed by atoms with E-state index >= 15 is 0 Å². The van der Waals surface area contributed by atoms with Crippen LogP contribution in [0.15, 0.2) is 0 Å². The topological polar surface area (TPSA) is 237 Å². The van der Waals surface area contributed by atoms with Crippen molar-refractivity contribution in [2.45, 2.75) is 381 Å². The summed E-state index contributed by atoms with van der Waals surface area (Å²) < 4.78 is 68.2. The molecule has 3 N–H and O–H groups in total. The van der Waals surface area contributed by atoms with E-state index in [4.69, 9.17) is 37.0 Å². The van der Waals surface area contributed by atoms with E-state index < -0.39 is 97.5 Å². The average Bonchev–Trinajstić information content (AvgIpc) is 3.69. The van der Waals surface area contributed by atoms with E-state index in [1.165, 1.54) is 173 Å². The van der Waals surface area contributed by atoms with E-state index in [0.717, 1.165) is 96.3 Å². The second-order valence-electron chi connectivity index (χ2n) is 26.6. The van der Waals surface area contributed by atoms with Gasteiger partial charge < -0.3 is 33.8 Å². The molecule has 0 saturated heterocycles. The fourth-order valence-corrected chi connectivity index (χ4v) is 12.3. The van der Waals surface area contributed by atoms with Gasteiger partial charge in [0.2, 0.25) is 0 Å². The SMILES string of the molecule is CCCCCCCCCCCCCCCCCCC(=O)OC[C@H](COP(=O)(O)OC[C@@H](O)COP(=O)(O)OC[C@@H](COC(=O)CCCCCCCCC(C)C)OC(=O)CCCCCCCCC(C)C)OC(=O)CCCCCCCCCCCCCCCCCC. The van der Waals surface area contributed by atoms with Gasteiger partial charge in [0.1, 0.15) is 19.3 Å². The number of phosphoric acid groups is 2. The van der Waals surface area contributed by atoms with Crippen molar-refractivity contribution in [1.82, 2.24) is 0 Å². The Morgan fingerprint density at radius 3 is 0.756 bits per heavy atom. The van der Waals surface area contributed by atoms with Crippen molar-refractivity contribution in [2.75, 3.05) is 39.6 Å². The minimum atomic E-state index is -4.95. The lowest BCUT2D eigenvalue weighted by atomic mass is 10.0. The normalized spacial score (nSPS) is 14.1. The van der Waals surface area contributed by atoms with Crippen LogP contribution in [0, 0.1) is 11.8 Å². The number of carbonyl (C=O) groups excluding carboxylic acids is 4. The van der Waals surface area contributed by atoms with Gasteiger partial charge in [-0.05, 0) is 37.5 Å². The Bertz CT molecular complexity index is 1750. The van der Waals surface area contributed by atoms with Gasteiger partial charge in [0, 0.05) is 25.7 Å². The molecule has 0 amide bonds. The van der Waals surface area contributed by atoms with Gasteiger partial charge >= 0.3 is 39.5 Å². The third-order valence-electron chi connectivity index (χ3n) is 16.5. The number of aliphatic hydroxyl groups is 1. The molecule has 0 fully saturated rings. The van der Waals surface area contributed by atoms with Crippen LogP contribution < -0.4 is 0 Å². The molecular formula is C71H138O17P2. The molecular weight excluding hydrogens is 1190 g/mol. The van der Waals surface area contributed by atoms with Crippen LogP contribution >= 0.6 is 15.6 Å². The number of ether oxygens (including phenoxy) is 4. The Morgan fingerprint density at radius 1 is 0.300 bits per heavy atom. The Kier molecular flexibility index (Phi) is 61.8. The van der Waals surface area contributed by atoms with E-state index in [1.807, 2.05) is 0 Å². The van der Waals surface area contributed by atoms with Crippen LogP contribution in [0.3, 0.4) is 0 Å². The molecule has 19 heteroatoms. The minimum absolute atomic E-state index is 0.101. The molecule has 2 unspecified atom stereocenters. The molecule has 0 bridgehead atoms. The standard InChI is InChI=1S/C71H138O17P2/c1-7-9-11-13-15-17-19-21-23-25-27-29-31-33-41-47-53-68(73)81-59-66(87-70(75)55-49-43-34-32-30-28-26-24-22-20-18-16-14-12-10-8-2)61-85-89(77,78)83-57-65(72)58-84-90(79,80)86-62-67(88-71(76)56-50-44-38-36-40-46-52-64(5)6)60-82-69(74)54-48-42-37-35-39-45-51-63(3)4/h63-67,72H,7-62H2,1-6H3,(H,77,78)(H,79,80)/t65-,66-,67-/m1/s1. The van der Waals surface area contributed by atoms with Crippen LogP contribution in [0.5, 0.6) is 0 Å². The van der Waals surface area contributed by atoms with Crippen LogP contribution in [0.1, 0.15) is 363 Å². The second-order valence-corrected chi connectivity index (χ2v) is 29.5. The van der Waals surface area contributed by atoms with Crippen molar-refractivity contribution in [3.05, 3.63) is 0 Å². The summed E-state index contributed by atoms with van der Waals surface area (Å²) in [7, 11) is -9.90. The van der Waals surface area contributed by atoms with Crippen LogP contribution in [0.4, 0.5) is 0 Å². The molecule has 0 rings (SSSR count). The Hall–Kier alpha value is -1.94. The summed E-state index contributed by atoms with van der Waals surface area (Å²) in [5, 5.41) is 10.6. The van der Waals surface area contributed by atoms with Crippen molar-refractivity contribution in [1.29, 1.82) is 0 Å². The van der Waals surface area contributed by atoms with Gasteiger partial charge in [-0.3, -0.25) is 37.3 Å². The first-order valence-corrected chi connectivity index (χ1v) is 40.0. The molecule has 0 aromatic heterocycles. The largest absolute Gasteiger partial charge is 0.472 e. The molecule has 5 atom stereocenters. The number of aliphatic hydroxyl groups excluding tert-OH is 1. The minimum Gasteiger partial charge on any atom is -0.462 e. The third-order valence-corrected chi connectivity index (χ3v) is 18.4. The lowest BCUT2D eigenvalue weighted by Crippen LogP contribution is -2.30. The number of carbonyl (C=O) groups is 4. The number of phosphoric ester groups is 2. The van der Waals surface area contributed by atoms with Crippen molar-refractivity contribution in [3.63, 3.8) is 0 Å². The predicted molar refractivity (Wildman–Crippen MR) is 363 cm³/mol. The molecule has 90 heavy (non-hydrogen) atoms. The zero-order chi connectivity index (χ0) is 66.5. The molecule has 0 aliphatic carbocycles.